The van der Waals surface area contributed by atoms with E-state index in [0.717, 1.165) is 4.47 Å². The van der Waals surface area contributed by atoms with Gasteiger partial charge in [0.1, 0.15) is 0 Å². The van der Waals surface area contributed by atoms with Crippen LogP contribution in [0.1, 0.15) is 0 Å². The molecule has 12 heavy (non-hydrogen) atoms. The van der Waals surface area contributed by atoms with Crippen molar-refractivity contribution in [1.29, 1.82) is 0 Å². The fraction of sp³-hybridized carbons (Fsp3) is 0. The Hall–Kier alpha value is -0.740. The van der Waals surface area contributed by atoms with Gasteiger partial charge in [-0.1, -0.05) is 27.5 Å². The van der Waals surface area contributed by atoms with Gasteiger partial charge in [-0.05, 0) is 18.2 Å². The van der Waals surface area contributed by atoms with Crippen LogP contribution in [0.2, 0.25) is 5.02 Å². The van der Waals surface area contributed by atoms with E-state index >= 15 is 0 Å². The summed E-state index contributed by atoms with van der Waals surface area (Å²) in [5, 5.41) is 0.520. The molecule has 0 aliphatic carbocycles. The Balaban J connectivity index is 3.14. The number of nitrogens with zero attached hydrogens (tertiary/aromatic N) is 1. The number of hydrogen-bond acceptors (Lipinski definition) is 1. The zero-order chi connectivity index (χ0) is 9.14. The molecule has 0 aromatic heterocycles. The van der Waals surface area contributed by atoms with Crippen molar-refractivity contribution in [2.24, 2.45) is 16.5 Å². The standard InChI is InChI=1S/C7H7BrClN3/c8-4-1-2-5(9)6(3-4)12-7(10)11/h1-3H,(H4,10,11,12). The summed E-state index contributed by atoms with van der Waals surface area (Å²) in [7, 11) is 0. The van der Waals surface area contributed by atoms with Gasteiger partial charge in [0.05, 0.1) is 10.7 Å². The molecule has 64 valence electrons. The van der Waals surface area contributed by atoms with Crippen molar-refractivity contribution in [3.63, 3.8) is 0 Å². The summed E-state index contributed by atoms with van der Waals surface area (Å²) in [6, 6.07) is 5.27. The van der Waals surface area contributed by atoms with Crippen molar-refractivity contribution >= 4 is 39.2 Å². The van der Waals surface area contributed by atoms with E-state index in [1.807, 2.05) is 6.07 Å². The molecule has 3 nitrogen and oxygen atoms in total. The van der Waals surface area contributed by atoms with E-state index in [0.29, 0.717) is 10.7 Å². The Morgan fingerprint density at radius 1 is 1.42 bits per heavy atom. The van der Waals surface area contributed by atoms with E-state index < -0.39 is 0 Å². The molecule has 0 saturated heterocycles. The molecule has 1 rings (SSSR count). The van der Waals surface area contributed by atoms with Crippen LogP contribution < -0.4 is 11.5 Å². The minimum absolute atomic E-state index is 0.00463. The molecule has 0 radical (unpaired) electrons. The molecular weight excluding hydrogens is 241 g/mol. The second-order valence-electron chi connectivity index (χ2n) is 2.13. The van der Waals surface area contributed by atoms with Crippen LogP contribution in [0, 0.1) is 0 Å². The van der Waals surface area contributed by atoms with Gasteiger partial charge in [0.25, 0.3) is 0 Å². The van der Waals surface area contributed by atoms with E-state index in [1.54, 1.807) is 12.1 Å². The molecule has 0 fully saturated rings. The van der Waals surface area contributed by atoms with Gasteiger partial charge in [-0.3, -0.25) is 0 Å². The minimum Gasteiger partial charge on any atom is -0.370 e. The van der Waals surface area contributed by atoms with Gasteiger partial charge in [0.2, 0.25) is 0 Å². The lowest BCUT2D eigenvalue weighted by Gasteiger charge is -1.98. The lowest BCUT2D eigenvalue weighted by Crippen LogP contribution is -2.21. The summed E-state index contributed by atoms with van der Waals surface area (Å²) in [4.78, 5) is 3.83. The van der Waals surface area contributed by atoms with Crippen LogP contribution in [0.5, 0.6) is 0 Å². The third kappa shape index (κ3) is 2.39. The highest BCUT2D eigenvalue weighted by molar-refractivity contribution is 9.10. The number of guanidine groups is 1. The van der Waals surface area contributed by atoms with Gasteiger partial charge >= 0.3 is 0 Å². The smallest absolute Gasteiger partial charge is 0.191 e. The fourth-order valence-corrected chi connectivity index (χ4v) is 1.22. The number of nitrogens with two attached hydrogens (primary N) is 2. The van der Waals surface area contributed by atoms with Crippen LogP contribution >= 0.6 is 27.5 Å². The summed E-state index contributed by atoms with van der Waals surface area (Å²) in [6.45, 7) is 0. The number of aliphatic imine (C=N–C) groups is 1. The predicted octanol–water partition coefficient (Wildman–Crippen LogP) is 2.01. The first-order valence-electron chi connectivity index (χ1n) is 3.14. The largest absolute Gasteiger partial charge is 0.370 e. The fourth-order valence-electron chi connectivity index (χ4n) is 0.711. The monoisotopic (exact) mass is 247 g/mol. The van der Waals surface area contributed by atoms with Gasteiger partial charge in [0.15, 0.2) is 5.96 Å². The van der Waals surface area contributed by atoms with Crippen molar-refractivity contribution in [2.45, 2.75) is 0 Å². The molecule has 0 spiro atoms. The quantitative estimate of drug-likeness (QED) is 0.590. The second-order valence-corrected chi connectivity index (χ2v) is 3.46. The molecule has 5 heteroatoms. The zero-order valence-electron chi connectivity index (χ0n) is 6.09. The van der Waals surface area contributed by atoms with E-state index in [1.165, 1.54) is 0 Å². The van der Waals surface area contributed by atoms with Gasteiger partial charge in [0, 0.05) is 4.47 Å². The number of halogens is 2. The summed E-state index contributed by atoms with van der Waals surface area (Å²) in [5.74, 6) is -0.00463. The van der Waals surface area contributed by atoms with Gasteiger partial charge in [-0.2, -0.15) is 0 Å². The van der Waals surface area contributed by atoms with Gasteiger partial charge in [-0.15, -0.1) is 0 Å². The number of rotatable bonds is 1. The highest BCUT2D eigenvalue weighted by Crippen LogP contribution is 2.27. The summed E-state index contributed by atoms with van der Waals surface area (Å²) < 4.78 is 0.881. The van der Waals surface area contributed by atoms with Crippen molar-refractivity contribution in [2.75, 3.05) is 0 Å². The molecule has 0 atom stereocenters. The van der Waals surface area contributed by atoms with Crippen LogP contribution in [0.3, 0.4) is 0 Å². The number of benzene rings is 1. The van der Waals surface area contributed by atoms with Crippen molar-refractivity contribution in [3.8, 4) is 0 Å². The molecule has 0 unspecified atom stereocenters. The molecular formula is C7H7BrClN3. The van der Waals surface area contributed by atoms with Crippen LogP contribution in [0.15, 0.2) is 27.7 Å². The van der Waals surface area contributed by atoms with E-state index in [9.17, 15) is 0 Å². The minimum atomic E-state index is -0.00463. The topological polar surface area (TPSA) is 64.4 Å². The van der Waals surface area contributed by atoms with Crippen LogP contribution in [0.25, 0.3) is 0 Å². The van der Waals surface area contributed by atoms with Crippen LogP contribution in [0.4, 0.5) is 5.69 Å². The van der Waals surface area contributed by atoms with Gasteiger partial charge in [-0.25, -0.2) is 4.99 Å². The first-order valence-corrected chi connectivity index (χ1v) is 4.31. The SMILES string of the molecule is NC(N)=Nc1cc(Br)ccc1Cl. The first kappa shape index (κ1) is 9.35. The summed E-state index contributed by atoms with van der Waals surface area (Å²) in [6.07, 6.45) is 0. The highest BCUT2D eigenvalue weighted by Gasteiger charge is 1.98. The Kier molecular flexibility index (Phi) is 2.94. The maximum atomic E-state index is 5.80. The molecule has 0 amide bonds. The lowest BCUT2D eigenvalue weighted by atomic mass is 10.3. The molecule has 0 saturated carbocycles. The molecule has 0 bridgehead atoms. The highest BCUT2D eigenvalue weighted by atomic mass is 79.9. The molecule has 0 aliphatic heterocycles. The molecule has 4 N–H and O–H groups in total. The third-order valence-corrected chi connectivity index (χ3v) is 1.97. The zero-order valence-corrected chi connectivity index (χ0v) is 8.43. The maximum absolute atomic E-state index is 5.80. The molecule has 1 aromatic rings. The van der Waals surface area contributed by atoms with E-state index in [4.69, 9.17) is 23.1 Å². The Labute approximate surface area is 83.5 Å². The van der Waals surface area contributed by atoms with Gasteiger partial charge < -0.3 is 11.5 Å². The second kappa shape index (κ2) is 3.78. The van der Waals surface area contributed by atoms with Crippen molar-refractivity contribution < 1.29 is 0 Å². The predicted molar refractivity (Wildman–Crippen MR) is 54.6 cm³/mol. The maximum Gasteiger partial charge on any atom is 0.191 e. The Bertz CT molecular complexity index is 320. The van der Waals surface area contributed by atoms with Crippen LogP contribution in [-0.2, 0) is 0 Å². The molecule has 1 aromatic carbocycles. The Morgan fingerprint density at radius 2 is 2.08 bits per heavy atom. The van der Waals surface area contributed by atoms with E-state index in [2.05, 4.69) is 20.9 Å². The van der Waals surface area contributed by atoms with Crippen molar-refractivity contribution in [1.82, 2.24) is 0 Å². The third-order valence-electron chi connectivity index (χ3n) is 1.16. The number of hydrogen-bond donors (Lipinski definition) is 2. The summed E-state index contributed by atoms with van der Waals surface area (Å²) in [5.41, 5.74) is 11.0. The Morgan fingerprint density at radius 3 is 2.67 bits per heavy atom. The lowest BCUT2D eigenvalue weighted by molar-refractivity contribution is 1.42. The van der Waals surface area contributed by atoms with E-state index in [-0.39, 0.29) is 5.96 Å². The first-order chi connectivity index (χ1) is 5.59. The molecule has 0 aliphatic rings. The van der Waals surface area contributed by atoms with Crippen molar-refractivity contribution in [3.05, 3.63) is 27.7 Å². The average molecular weight is 249 g/mol. The normalized spacial score (nSPS) is 9.50. The summed E-state index contributed by atoms with van der Waals surface area (Å²) >= 11 is 9.08. The molecule has 0 heterocycles. The van der Waals surface area contributed by atoms with Crippen LogP contribution in [-0.4, -0.2) is 5.96 Å². The average Bonchev–Trinajstić information content (AvgIpc) is 1.96.